The van der Waals surface area contributed by atoms with Crippen molar-refractivity contribution in [2.75, 3.05) is 13.1 Å². The van der Waals surface area contributed by atoms with E-state index in [4.69, 9.17) is 5.11 Å². The second-order valence-electron chi connectivity index (χ2n) is 3.94. The fraction of sp³-hybridized carbons (Fsp3) is 0.875. The zero-order valence-electron chi connectivity index (χ0n) is 8.94. The van der Waals surface area contributed by atoms with Gasteiger partial charge >= 0.3 is 5.97 Å². The van der Waals surface area contributed by atoms with Crippen LogP contribution in [0.25, 0.3) is 0 Å². The summed E-state index contributed by atoms with van der Waals surface area (Å²) in [5.74, 6) is -1.14. The van der Waals surface area contributed by atoms with Crippen molar-refractivity contribution in [2.45, 2.75) is 32.4 Å². The Hall–Kier alpha value is -0.620. The minimum Gasteiger partial charge on any atom is -0.480 e. The molecule has 0 aromatic rings. The summed E-state index contributed by atoms with van der Waals surface area (Å²) in [6.07, 6.45) is 0. The van der Waals surface area contributed by atoms with Gasteiger partial charge < -0.3 is 5.11 Å². The van der Waals surface area contributed by atoms with Crippen LogP contribution in [0.2, 0.25) is 0 Å². The largest absolute Gasteiger partial charge is 0.480 e. The summed E-state index contributed by atoms with van der Waals surface area (Å²) >= 11 is 0. The standard InChI is InChI=1S/C8H17NO4S/c1-5-9(6-7(10)11)14(12,13)8(2,3)4/h5-6H2,1-4H3,(H,10,11). The first kappa shape index (κ1) is 13.4. The van der Waals surface area contributed by atoms with Crippen LogP contribution in [0.4, 0.5) is 0 Å². The molecule has 0 saturated carbocycles. The van der Waals surface area contributed by atoms with Gasteiger partial charge in [0.1, 0.15) is 6.54 Å². The zero-order chi connectivity index (χ0) is 11.6. The zero-order valence-corrected chi connectivity index (χ0v) is 9.76. The average Bonchev–Trinajstić information content (AvgIpc) is 1.97. The molecule has 0 saturated heterocycles. The molecule has 0 radical (unpaired) electrons. The van der Waals surface area contributed by atoms with Gasteiger partial charge in [0.15, 0.2) is 0 Å². The van der Waals surface area contributed by atoms with Crippen molar-refractivity contribution in [3.63, 3.8) is 0 Å². The molecule has 0 bridgehead atoms. The Morgan fingerprint density at radius 3 is 2.00 bits per heavy atom. The van der Waals surface area contributed by atoms with E-state index in [1.165, 1.54) is 0 Å². The monoisotopic (exact) mass is 223 g/mol. The number of sulfonamides is 1. The van der Waals surface area contributed by atoms with Gasteiger partial charge in [-0.25, -0.2) is 8.42 Å². The number of likely N-dealkylation sites (N-methyl/N-ethyl adjacent to an activating group) is 1. The molecule has 84 valence electrons. The van der Waals surface area contributed by atoms with Crippen molar-refractivity contribution in [1.29, 1.82) is 0 Å². The molecule has 0 fully saturated rings. The Morgan fingerprint density at radius 2 is 1.79 bits per heavy atom. The SMILES string of the molecule is CCN(CC(=O)O)S(=O)(=O)C(C)(C)C. The van der Waals surface area contributed by atoms with Gasteiger partial charge in [-0.05, 0) is 20.8 Å². The molecule has 0 aliphatic heterocycles. The van der Waals surface area contributed by atoms with Crippen LogP contribution in [-0.4, -0.2) is 41.6 Å². The lowest BCUT2D eigenvalue weighted by Gasteiger charge is -2.27. The van der Waals surface area contributed by atoms with E-state index in [9.17, 15) is 13.2 Å². The van der Waals surface area contributed by atoms with E-state index >= 15 is 0 Å². The number of carboxylic acids is 1. The van der Waals surface area contributed by atoms with Gasteiger partial charge in [0.2, 0.25) is 10.0 Å². The maximum absolute atomic E-state index is 11.8. The van der Waals surface area contributed by atoms with Gasteiger partial charge in [0.25, 0.3) is 0 Å². The highest BCUT2D eigenvalue weighted by Crippen LogP contribution is 2.19. The van der Waals surface area contributed by atoms with Crippen LogP contribution in [0.15, 0.2) is 0 Å². The molecule has 0 spiro atoms. The number of hydrogen-bond acceptors (Lipinski definition) is 3. The Kier molecular flexibility index (Phi) is 4.08. The molecular weight excluding hydrogens is 206 g/mol. The fourth-order valence-corrected chi connectivity index (χ4v) is 2.30. The first-order valence-electron chi connectivity index (χ1n) is 4.34. The minimum absolute atomic E-state index is 0.173. The average molecular weight is 223 g/mol. The smallest absolute Gasteiger partial charge is 0.318 e. The van der Waals surface area contributed by atoms with Crippen LogP contribution >= 0.6 is 0 Å². The highest BCUT2D eigenvalue weighted by atomic mass is 32.2. The van der Waals surface area contributed by atoms with Crippen molar-refractivity contribution in [2.24, 2.45) is 0 Å². The molecule has 0 amide bonds. The Labute approximate surface area is 84.8 Å². The summed E-state index contributed by atoms with van der Waals surface area (Å²) in [7, 11) is -3.53. The molecule has 14 heavy (non-hydrogen) atoms. The van der Waals surface area contributed by atoms with Crippen LogP contribution in [0.3, 0.4) is 0 Å². The molecule has 0 rings (SSSR count). The van der Waals surface area contributed by atoms with Crippen molar-refractivity contribution >= 4 is 16.0 Å². The summed E-state index contributed by atoms with van der Waals surface area (Å²) in [4.78, 5) is 10.4. The Balaban J connectivity index is 4.95. The van der Waals surface area contributed by atoms with Gasteiger partial charge in [0.05, 0.1) is 4.75 Å². The van der Waals surface area contributed by atoms with Crippen LogP contribution in [0.5, 0.6) is 0 Å². The molecule has 0 aliphatic rings. The molecule has 0 aliphatic carbocycles. The van der Waals surface area contributed by atoms with Crippen LogP contribution in [-0.2, 0) is 14.8 Å². The maximum Gasteiger partial charge on any atom is 0.318 e. The van der Waals surface area contributed by atoms with Crippen LogP contribution in [0.1, 0.15) is 27.7 Å². The topological polar surface area (TPSA) is 74.7 Å². The predicted octanol–water partition coefficient (Wildman–Crippen LogP) is 0.521. The second kappa shape index (κ2) is 4.27. The van der Waals surface area contributed by atoms with E-state index < -0.39 is 27.3 Å². The highest BCUT2D eigenvalue weighted by Gasteiger charge is 2.35. The lowest BCUT2D eigenvalue weighted by Crippen LogP contribution is -2.45. The Bertz CT molecular complexity index is 302. The van der Waals surface area contributed by atoms with Gasteiger partial charge in [0, 0.05) is 6.54 Å². The van der Waals surface area contributed by atoms with E-state index in [-0.39, 0.29) is 6.54 Å². The van der Waals surface area contributed by atoms with E-state index in [0.29, 0.717) is 0 Å². The molecular formula is C8H17NO4S. The van der Waals surface area contributed by atoms with Gasteiger partial charge in [-0.3, -0.25) is 4.79 Å². The summed E-state index contributed by atoms with van der Waals surface area (Å²) in [5, 5.41) is 8.54. The molecule has 5 nitrogen and oxygen atoms in total. The molecule has 0 unspecified atom stereocenters. The Morgan fingerprint density at radius 1 is 1.36 bits per heavy atom. The van der Waals surface area contributed by atoms with E-state index in [2.05, 4.69) is 0 Å². The molecule has 6 heteroatoms. The quantitative estimate of drug-likeness (QED) is 0.754. The van der Waals surface area contributed by atoms with Crippen molar-refractivity contribution < 1.29 is 18.3 Å². The summed E-state index contributed by atoms with van der Waals surface area (Å²) in [6, 6.07) is 0. The molecule has 1 N–H and O–H groups in total. The maximum atomic E-state index is 11.8. The predicted molar refractivity (Wildman–Crippen MR) is 53.6 cm³/mol. The van der Waals surface area contributed by atoms with Crippen molar-refractivity contribution in [3.8, 4) is 0 Å². The van der Waals surface area contributed by atoms with E-state index in [0.717, 1.165) is 4.31 Å². The van der Waals surface area contributed by atoms with E-state index in [1.807, 2.05) is 0 Å². The first-order valence-corrected chi connectivity index (χ1v) is 5.78. The lowest BCUT2D eigenvalue weighted by atomic mass is 10.3. The lowest BCUT2D eigenvalue weighted by molar-refractivity contribution is -0.137. The summed E-state index contributed by atoms with van der Waals surface area (Å²) in [5.41, 5.74) is 0. The fourth-order valence-electron chi connectivity index (χ4n) is 0.905. The third-order valence-corrected chi connectivity index (χ3v) is 4.39. The van der Waals surface area contributed by atoms with Crippen LogP contribution in [0, 0.1) is 0 Å². The summed E-state index contributed by atoms with van der Waals surface area (Å²) < 4.78 is 23.6. The number of aliphatic carboxylic acids is 1. The van der Waals surface area contributed by atoms with Gasteiger partial charge in [-0.15, -0.1) is 0 Å². The molecule has 0 aromatic carbocycles. The minimum atomic E-state index is -3.53. The van der Waals surface area contributed by atoms with E-state index in [1.54, 1.807) is 27.7 Å². The van der Waals surface area contributed by atoms with Gasteiger partial charge in [-0.1, -0.05) is 6.92 Å². The molecule has 0 heterocycles. The van der Waals surface area contributed by atoms with Crippen molar-refractivity contribution in [1.82, 2.24) is 4.31 Å². The molecule has 0 atom stereocenters. The van der Waals surface area contributed by atoms with Gasteiger partial charge in [-0.2, -0.15) is 4.31 Å². The number of rotatable bonds is 4. The number of hydrogen-bond donors (Lipinski definition) is 1. The number of nitrogens with zero attached hydrogens (tertiary/aromatic N) is 1. The van der Waals surface area contributed by atoms with Crippen LogP contribution < -0.4 is 0 Å². The number of carboxylic acid groups (broad SMARTS) is 1. The number of carbonyl (C=O) groups is 1. The second-order valence-corrected chi connectivity index (χ2v) is 6.63. The molecule has 0 aromatic heterocycles. The van der Waals surface area contributed by atoms with Crippen molar-refractivity contribution in [3.05, 3.63) is 0 Å². The first-order chi connectivity index (χ1) is 6.13. The third-order valence-electron chi connectivity index (χ3n) is 1.78. The third kappa shape index (κ3) is 2.95. The normalized spacial score (nSPS) is 13.2. The highest BCUT2D eigenvalue weighted by molar-refractivity contribution is 7.90. The summed E-state index contributed by atoms with van der Waals surface area (Å²) in [6.45, 7) is 5.96.